The number of aromatic nitrogens is 3. The lowest BCUT2D eigenvalue weighted by Gasteiger charge is -2.14. The second kappa shape index (κ2) is 7.81. The van der Waals surface area contributed by atoms with Gasteiger partial charge in [-0.1, -0.05) is 25.4 Å². The molecule has 3 aromatic rings. The molecule has 1 atom stereocenters. The number of amides is 1. The number of carboxylic acid groups (broad SMARTS) is 1. The minimum absolute atomic E-state index is 0.0576. The van der Waals surface area contributed by atoms with Crippen LogP contribution in [0.4, 0.5) is 4.39 Å². The summed E-state index contributed by atoms with van der Waals surface area (Å²) in [5.41, 5.74) is 0.627. The fourth-order valence-electron chi connectivity index (χ4n) is 3.68. The topological polar surface area (TPSA) is 117 Å². The van der Waals surface area contributed by atoms with Crippen molar-refractivity contribution in [1.82, 2.24) is 19.9 Å². The molecule has 4 rings (SSSR count). The van der Waals surface area contributed by atoms with Crippen LogP contribution < -0.4 is 10.9 Å². The summed E-state index contributed by atoms with van der Waals surface area (Å²) in [6.45, 7) is 3.65. The highest BCUT2D eigenvalue weighted by Gasteiger charge is 2.38. The highest BCUT2D eigenvalue weighted by atomic mass is 35.5. The fraction of sp³-hybridized carbons (Fsp3) is 0.333. The van der Waals surface area contributed by atoms with E-state index in [0.29, 0.717) is 11.1 Å². The average molecular weight is 447 g/mol. The van der Waals surface area contributed by atoms with Crippen LogP contribution in [0.5, 0.6) is 0 Å². The molecule has 2 heterocycles. The maximum atomic E-state index is 13.9. The third kappa shape index (κ3) is 3.93. The summed E-state index contributed by atoms with van der Waals surface area (Å²) in [5.74, 6) is -2.52. The number of hydrogen-bond acceptors (Lipinski definition) is 4. The van der Waals surface area contributed by atoms with Crippen LogP contribution in [0, 0.1) is 11.7 Å². The van der Waals surface area contributed by atoms with Crippen LogP contribution in [0.2, 0.25) is 5.02 Å². The van der Waals surface area contributed by atoms with Crippen molar-refractivity contribution in [1.29, 1.82) is 0 Å². The van der Waals surface area contributed by atoms with Crippen molar-refractivity contribution in [2.24, 2.45) is 5.92 Å². The van der Waals surface area contributed by atoms with Crippen LogP contribution >= 0.6 is 11.6 Å². The molecule has 0 saturated heterocycles. The Balaban J connectivity index is 1.81. The Bertz CT molecular complexity index is 1260. The average Bonchev–Trinajstić information content (AvgIpc) is 3.46. The van der Waals surface area contributed by atoms with Crippen molar-refractivity contribution < 1.29 is 19.1 Å². The number of nitrogens with zero attached hydrogens (tertiary/aromatic N) is 2. The Hall–Kier alpha value is -3.20. The minimum Gasteiger partial charge on any atom is -0.480 e. The lowest BCUT2D eigenvalue weighted by Crippen LogP contribution is -2.42. The maximum absolute atomic E-state index is 13.9. The van der Waals surface area contributed by atoms with E-state index in [-0.39, 0.29) is 33.8 Å². The van der Waals surface area contributed by atoms with E-state index in [4.69, 9.17) is 11.6 Å². The largest absolute Gasteiger partial charge is 0.480 e. The molecule has 0 bridgehead atoms. The zero-order valence-electron chi connectivity index (χ0n) is 16.8. The molecule has 0 radical (unpaired) electrons. The number of hydrogen-bond donors (Lipinski definition) is 3. The number of carbonyl (C=O) groups is 2. The molecule has 162 valence electrons. The predicted octanol–water partition coefficient (Wildman–Crippen LogP) is 3.20. The predicted molar refractivity (Wildman–Crippen MR) is 112 cm³/mol. The molecule has 0 spiro atoms. The number of carbonyl (C=O) groups excluding carboxylic acids is 1. The Morgan fingerprint density at radius 3 is 2.65 bits per heavy atom. The minimum atomic E-state index is -1.09. The van der Waals surface area contributed by atoms with E-state index in [9.17, 15) is 23.9 Å². The van der Waals surface area contributed by atoms with Gasteiger partial charge in [0.2, 0.25) is 0 Å². The van der Waals surface area contributed by atoms with E-state index in [2.05, 4.69) is 15.4 Å². The molecule has 2 aromatic heterocycles. The number of benzene rings is 1. The third-order valence-electron chi connectivity index (χ3n) is 5.34. The van der Waals surface area contributed by atoms with Crippen LogP contribution in [-0.4, -0.2) is 37.6 Å². The van der Waals surface area contributed by atoms with Gasteiger partial charge in [-0.25, -0.2) is 13.7 Å². The fourth-order valence-corrected chi connectivity index (χ4v) is 3.80. The molecule has 8 nitrogen and oxygen atoms in total. The summed E-state index contributed by atoms with van der Waals surface area (Å²) in [5, 5.41) is 16.3. The molecule has 1 saturated carbocycles. The third-order valence-corrected chi connectivity index (χ3v) is 5.65. The Morgan fingerprint density at radius 1 is 1.35 bits per heavy atom. The summed E-state index contributed by atoms with van der Waals surface area (Å²) in [7, 11) is 0. The molecule has 10 heteroatoms. The van der Waals surface area contributed by atoms with Crippen LogP contribution in [0.1, 0.15) is 48.5 Å². The van der Waals surface area contributed by atoms with Crippen LogP contribution in [0.15, 0.2) is 29.2 Å². The number of carboxylic acids is 1. The molecule has 1 amide bonds. The number of aliphatic carboxylic acids is 1. The molecule has 1 aliphatic rings. The summed E-state index contributed by atoms with van der Waals surface area (Å²) >= 11 is 5.72. The quantitative estimate of drug-likeness (QED) is 0.537. The van der Waals surface area contributed by atoms with E-state index in [0.717, 1.165) is 18.9 Å². The first-order chi connectivity index (χ1) is 14.7. The summed E-state index contributed by atoms with van der Waals surface area (Å²) < 4.78 is 15.1. The van der Waals surface area contributed by atoms with E-state index < -0.39 is 29.3 Å². The van der Waals surface area contributed by atoms with Gasteiger partial charge >= 0.3 is 5.97 Å². The molecule has 1 unspecified atom stereocenters. The van der Waals surface area contributed by atoms with Crippen LogP contribution in [0.3, 0.4) is 0 Å². The Kier molecular flexibility index (Phi) is 5.30. The van der Waals surface area contributed by atoms with E-state index >= 15 is 0 Å². The first-order valence-corrected chi connectivity index (χ1v) is 10.2. The first kappa shape index (κ1) is 21.0. The summed E-state index contributed by atoms with van der Waals surface area (Å²) in [4.78, 5) is 40.0. The summed E-state index contributed by atoms with van der Waals surface area (Å²) in [6, 6.07) is 3.05. The molecular weight excluding hydrogens is 427 g/mol. The van der Waals surface area contributed by atoms with Crippen molar-refractivity contribution in [3.63, 3.8) is 0 Å². The van der Waals surface area contributed by atoms with Crippen LogP contribution in [0.25, 0.3) is 16.9 Å². The monoisotopic (exact) mass is 446 g/mol. The van der Waals surface area contributed by atoms with Gasteiger partial charge in [0, 0.05) is 17.3 Å². The molecule has 1 fully saturated rings. The van der Waals surface area contributed by atoms with Gasteiger partial charge in [-0.3, -0.25) is 9.59 Å². The van der Waals surface area contributed by atoms with Gasteiger partial charge in [-0.15, -0.1) is 5.10 Å². The number of halogens is 2. The smallest absolute Gasteiger partial charge is 0.326 e. The standard InChI is InChI=1S/C21H20ClFN4O4/c1-9(2)15-12(19(28)24-16(21(30)31)10-3-4-10)8-27-17(15)20(29)25-18(26-27)11-5-6-13(22)14(23)7-11/h5-10,16H,3-4H2,1-2H3,(H,24,28)(H,30,31)(H,25,26,29). The normalized spacial score (nSPS) is 14.7. The van der Waals surface area contributed by atoms with E-state index in [1.165, 1.54) is 22.8 Å². The molecule has 0 aliphatic heterocycles. The highest BCUT2D eigenvalue weighted by Crippen LogP contribution is 2.33. The molecular formula is C21H20ClFN4O4. The van der Waals surface area contributed by atoms with Crippen molar-refractivity contribution >= 4 is 29.0 Å². The Morgan fingerprint density at radius 2 is 2.06 bits per heavy atom. The number of H-pyrrole nitrogens is 1. The SMILES string of the molecule is CC(C)c1c(C(=O)NC(C(=O)O)C2CC2)cn2nc(-c3ccc(Cl)c(F)c3)[nH]c(=O)c12. The maximum Gasteiger partial charge on any atom is 0.326 e. The molecule has 31 heavy (non-hydrogen) atoms. The van der Waals surface area contributed by atoms with Gasteiger partial charge in [0.05, 0.1) is 10.6 Å². The zero-order valence-corrected chi connectivity index (χ0v) is 17.5. The number of rotatable bonds is 6. The molecule has 1 aromatic carbocycles. The number of fused-ring (bicyclic) bond motifs is 1. The van der Waals surface area contributed by atoms with Crippen molar-refractivity contribution in [3.8, 4) is 11.4 Å². The first-order valence-electron chi connectivity index (χ1n) is 9.82. The lowest BCUT2D eigenvalue weighted by molar-refractivity contribution is -0.139. The highest BCUT2D eigenvalue weighted by molar-refractivity contribution is 6.30. The van der Waals surface area contributed by atoms with E-state index in [1.807, 2.05) is 13.8 Å². The number of nitrogens with one attached hydrogen (secondary N) is 2. The van der Waals surface area contributed by atoms with Crippen LogP contribution in [-0.2, 0) is 4.79 Å². The van der Waals surface area contributed by atoms with Gasteiger partial charge in [0.15, 0.2) is 5.82 Å². The Labute approximate surface area is 181 Å². The lowest BCUT2D eigenvalue weighted by atomic mass is 9.99. The molecule has 1 aliphatic carbocycles. The van der Waals surface area contributed by atoms with Gasteiger partial charge in [-0.05, 0) is 42.9 Å². The van der Waals surface area contributed by atoms with Gasteiger partial charge in [-0.2, -0.15) is 0 Å². The van der Waals surface area contributed by atoms with Crippen molar-refractivity contribution in [3.05, 3.63) is 56.7 Å². The van der Waals surface area contributed by atoms with Gasteiger partial charge in [0.25, 0.3) is 11.5 Å². The molecule has 3 N–H and O–H groups in total. The van der Waals surface area contributed by atoms with Crippen molar-refractivity contribution in [2.75, 3.05) is 0 Å². The van der Waals surface area contributed by atoms with Gasteiger partial charge < -0.3 is 15.4 Å². The second-order valence-electron chi connectivity index (χ2n) is 7.96. The summed E-state index contributed by atoms with van der Waals surface area (Å²) in [6.07, 6.45) is 2.89. The van der Waals surface area contributed by atoms with Crippen molar-refractivity contribution in [2.45, 2.75) is 38.6 Å². The second-order valence-corrected chi connectivity index (χ2v) is 8.37. The zero-order chi connectivity index (χ0) is 22.4. The number of aromatic amines is 1. The van der Waals surface area contributed by atoms with Gasteiger partial charge in [0.1, 0.15) is 17.4 Å². The van der Waals surface area contributed by atoms with E-state index in [1.54, 1.807) is 0 Å².